The number of fused-ring (bicyclic) bond motifs is 1. The molecule has 1 amide bonds. The maximum Gasteiger partial charge on any atom is 0.230 e. The molecule has 0 aliphatic carbocycles. The summed E-state index contributed by atoms with van der Waals surface area (Å²) in [7, 11) is 0. The third kappa shape index (κ3) is 3.11. The highest BCUT2D eigenvalue weighted by Crippen LogP contribution is 2.26. The van der Waals surface area contributed by atoms with E-state index in [9.17, 15) is 4.79 Å². The molecule has 0 saturated carbocycles. The van der Waals surface area contributed by atoms with E-state index in [1.165, 1.54) is 0 Å². The molecule has 0 bridgehead atoms. The molecular weight excluding hydrogens is 270 g/mol. The van der Waals surface area contributed by atoms with E-state index >= 15 is 0 Å². The van der Waals surface area contributed by atoms with Crippen molar-refractivity contribution in [1.82, 2.24) is 4.90 Å². The van der Waals surface area contributed by atoms with Crippen LogP contribution in [0.2, 0.25) is 0 Å². The fourth-order valence-corrected chi connectivity index (χ4v) is 2.56. The maximum atomic E-state index is 12.8. The highest BCUT2D eigenvalue weighted by molar-refractivity contribution is 5.82. The number of hydrogen-bond acceptors (Lipinski definition) is 1. The van der Waals surface area contributed by atoms with Gasteiger partial charge in [-0.05, 0) is 29.2 Å². The van der Waals surface area contributed by atoms with Crippen molar-refractivity contribution < 1.29 is 4.79 Å². The summed E-state index contributed by atoms with van der Waals surface area (Å²) in [4.78, 5) is 14.7. The van der Waals surface area contributed by atoms with Crippen molar-refractivity contribution in [2.75, 3.05) is 0 Å². The van der Waals surface area contributed by atoms with Crippen LogP contribution in [0.15, 0.2) is 66.9 Å². The van der Waals surface area contributed by atoms with Crippen molar-refractivity contribution in [3.05, 3.63) is 78.0 Å². The van der Waals surface area contributed by atoms with Crippen LogP contribution in [0.25, 0.3) is 6.08 Å². The van der Waals surface area contributed by atoms with Gasteiger partial charge < -0.3 is 4.90 Å². The fourth-order valence-electron chi connectivity index (χ4n) is 2.56. The lowest BCUT2D eigenvalue weighted by molar-refractivity contribution is -0.133. The number of allylic oxidation sites excluding steroid dienone is 4. The molecular formula is C20H23NO. The first-order valence-electron chi connectivity index (χ1n) is 7.68. The summed E-state index contributed by atoms with van der Waals surface area (Å²) in [6, 6.07) is 8.15. The van der Waals surface area contributed by atoms with E-state index in [4.69, 9.17) is 0 Å². The normalized spacial score (nSPS) is 20.4. The highest BCUT2D eigenvalue weighted by Gasteiger charge is 2.24. The van der Waals surface area contributed by atoms with E-state index in [1.807, 2.05) is 37.0 Å². The molecule has 114 valence electrons. The van der Waals surface area contributed by atoms with Gasteiger partial charge in [0.05, 0.1) is 12.2 Å². The van der Waals surface area contributed by atoms with Crippen molar-refractivity contribution in [3.8, 4) is 0 Å². The van der Waals surface area contributed by atoms with Gasteiger partial charge in [0.15, 0.2) is 0 Å². The molecule has 2 nitrogen and oxygen atoms in total. The van der Waals surface area contributed by atoms with E-state index < -0.39 is 0 Å². The van der Waals surface area contributed by atoms with Gasteiger partial charge in [0, 0.05) is 5.92 Å². The van der Waals surface area contributed by atoms with Crippen LogP contribution < -0.4 is 0 Å². The Bertz CT molecular complexity index is 651. The van der Waals surface area contributed by atoms with Crippen LogP contribution in [0.4, 0.5) is 0 Å². The zero-order chi connectivity index (χ0) is 16.1. The number of carbonyl (C=O) groups is 1. The zero-order valence-electron chi connectivity index (χ0n) is 13.4. The van der Waals surface area contributed by atoms with Crippen LogP contribution >= 0.6 is 0 Å². The minimum atomic E-state index is -0.0171. The number of carbonyl (C=O) groups excluding carboxylic acids is 1. The first-order chi connectivity index (χ1) is 10.6. The lowest BCUT2D eigenvalue weighted by Gasteiger charge is -2.29. The first-order valence-corrected chi connectivity index (χ1v) is 7.68. The minimum Gasteiger partial charge on any atom is -0.307 e. The number of nitrogens with zero attached hydrogens (tertiary/aromatic N) is 1. The molecule has 2 heteroatoms. The van der Waals surface area contributed by atoms with E-state index in [2.05, 4.69) is 31.4 Å². The minimum absolute atomic E-state index is 0.0171. The van der Waals surface area contributed by atoms with Crippen LogP contribution in [0.3, 0.4) is 0 Å². The summed E-state index contributed by atoms with van der Waals surface area (Å²) >= 11 is 0. The molecule has 22 heavy (non-hydrogen) atoms. The third-order valence-corrected chi connectivity index (χ3v) is 4.13. The summed E-state index contributed by atoms with van der Waals surface area (Å²) < 4.78 is 0. The van der Waals surface area contributed by atoms with Gasteiger partial charge in [-0.25, -0.2) is 0 Å². The van der Waals surface area contributed by atoms with Crippen LogP contribution in [-0.4, -0.2) is 10.8 Å². The smallest absolute Gasteiger partial charge is 0.230 e. The maximum absolute atomic E-state index is 12.8. The quantitative estimate of drug-likeness (QED) is 0.787. The molecule has 1 unspecified atom stereocenters. The first kappa shape index (κ1) is 16.0. The monoisotopic (exact) mass is 293 g/mol. The Labute approximate surface area is 133 Å². The SMILES string of the molecule is C=CC1=C(\C=C)N(C(=O)C(C)CC)Cc2ccccc2/C=C\1. The van der Waals surface area contributed by atoms with Gasteiger partial charge in [0.25, 0.3) is 0 Å². The molecule has 1 aromatic carbocycles. The van der Waals surface area contributed by atoms with E-state index in [0.717, 1.165) is 28.8 Å². The number of rotatable bonds is 4. The molecule has 2 rings (SSSR count). The average molecular weight is 293 g/mol. The van der Waals surface area contributed by atoms with Gasteiger partial charge in [-0.15, -0.1) is 0 Å². The Kier molecular flexibility index (Phi) is 5.16. The predicted molar refractivity (Wildman–Crippen MR) is 92.9 cm³/mol. The molecule has 1 atom stereocenters. The van der Waals surface area contributed by atoms with Gasteiger partial charge in [-0.3, -0.25) is 4.79 Å². The number of benzene rings is 1. The largest absolute Gasteiger partial charge is 0.307 e. The topological polar surface area (TPSA) is 20.3 Å². The van der Waals surface area contributed by atoms with Gasteiger partial charge in [0.2, 0.25) is 5.91 Å². The van der Waals surface area contributed by atoms with Crippen LogP contribution in [0, 0.1) is 5.92 Å². The Morgan fingerprint density at radius 3 is 2.64 bits per heavy atom. The molecule has 1 aliphatic rings. The number of amides is 1. The highest BCUT2D eigenvalue weighted by atomic mass is 16.2. The molecule has 1 aliphatic heterocycles. The second-order valence-electron chi connectivity index (χ2n) is 5.51. The molecule has 0 radical (unpaired) electrons. The molecule has 0 spiro atoms. The molecule has 0 aromatic heterocycles. The van der Waals surface area contributed by atoms with Crippen molar-refractivity contribution in [2.45, 2.75) is 26.8 Å². The zero-order valence-corrected chi connectivity index (χ0v) is 13.4. The van der Waals surface area contributed by atoms with Crippen molar-refractivity contribution in [1.29, 1.82) is 0 Å². The average Bonchev–Trinajstić information content (AvgIpc) is 2.54. The van der Waals surface area contributed by atoms with Crippen molar-refractivity contribution in [2.24, 2.45) is 5.92 Å². The molecule has 1 heterocycles. The van der Waals surface area contributed by atoms with E-state index in [1.54, 1.807) is 12.2 Å². The van der Waals surface area contributed by atoms with Crippen molar-refractivity contribution in [3.63, 3.8) is 0 Å². The number of hydrogen-bond donors (Lipinski definition) is 0. The van der Waals surface area contributed by atoms with Gasteiger partial charge in [-0.2, -0.15) is 0 Å². The summed E-state index contributed by atoms with van der Waals surface area (Å²) in [6.45, 7) is 12.3. The fraction of sp³-hybridized carbons (Fsp3) is 0.250. The summed E-state index contributed by atoms with van der Waals surface area (Å²) in [5.74, 6) is 0.110. The summed E-state index contributed by atoms with van der Waals surface area (Å²) in [5.41, 5.74) is 4.01. The van der Waals surface area contributed by atoms with E-state index in [-0.39, 0.29) is 11.8 Å². The summed E-state index contributed by atoms with van der Waals surface area (Å²) in [6.07, 6.45) is 8.41. The summed E-state index contributed by atoms with van der Waals surface area (Å²) in [5, 5.41) is 0. The predicted octanol–water partition coefficient (Wildman–Crippen LogP) is 4.71. The Morgan fingerprint density at radius 2 is 2.00 bits per heavy atom. The van der Waals surface area contributed by atoms with E-state index in [0.29, 0.717) is 6.54 Å². The second kappa shape index (κ2) is 7.08. The molecule has 0 saturated heterocycles. The van der Waals surface area contributed by atoms with Crippen LogP contribution in [-0.2, 0) is 11.3 Å². The molecule has 1 aromatic rings. The lowest BCUT2D eigenvalue weighted by atomic mass is 9.99. The Balaban J connectivity index is 2.58. The lowest BCUT2D eigenvalue weighted by Crippen LogP contribution is -2.34. The van der Waals surface area contributed by atoms with Crippen LogP contribution in [0.5, 0.6) is 0 Å². The molecule has 0 fully saturated rings. The van der Waals surface area contributed by atoms with Gasteiger partial charge in [-0.1, -0.05) is 69.5 Å². The van der Waals surface area contributed by atoms with Crippen LogP contribution in [0.1, 0.15) is 31.4 Å². The third-order valence-electron chi connectivity index (χ3n) is 4.13. The van der Waals surface area contributed by atoms with Gasteiger partial charge >= 0.3 is 0 Å². The Morgan fingerprint density at radius 1 is 1.27 bits per heavy atom. The second-order valence-corrected chi connectivity index (χ2v) is 5.51. The Hall–Kier alpha value is -2.35. The van der Waals surface area contributed by atoms with Crippen molar-refractivity contribution >= 4 is 12.0 Å². The standard InChI is InChI=1S/C20H23NO/c1-5-15(4)20(22)21-14-18-11-9-8-10-17(18)13-12-16(6-2)19(21)7-3/h6-13,15H,2-3,5,14H2,1,4H3/b13-12-,19-16-. The molecule has 0 N–H and O–H groups in total. The van der Waals surface area contributed by atoms with Gasteiger partial charge in [0.1, 0.15) is 0 Å².